The van der Waals surface area contributed by atoms with Gasteiger partial charge in [-0.05, 0) is 29.3 Å². The molecule has 1 aromatic heterocycles. The van der Waals surface area contributed by atoms with E-state index < -0.39 is 6.04 Å². The summed E-state index contributed by atoms with van der Waals surface area (Å²) in [5.74, 6) is 0.419. The minimum absolute atomic E-state index is 0.127. The highest BCUT2D eigenvalue weighted by molar-refractivity contribution is 6.30. The molecule has 16 heavy (non-hydrogen) atoms. The van der Waals surface area contributed by atoms with E-state index in [4.69, 9.17) is 28.9 Å². The average molecular weight is 255 g/mol. The van der Waals surface area contributed by atoms with Gasteiger partial charge in [0.2, 0.25) is 5.28 Å². The Balaban J connectivity index is 2.35. The lowest BCUT2D eigenvalue weighted by Crippen LogP contribution is -2.15. The summed E-state index contributed by atoms with van der Waals surface area (Å²) in [6.45, 7) is 0. The Bertz CT molecular complexity index is 458. The minimum Gasteiger partial charge on any atom is -0.318 e. The topological polar surface area (TPSA) is 64.7 Å². The van der Waals surface area contributed by atoms with E-state index in [2.05, 4.69) is 15.0 Å². The zero-order valence-electron chi connectivity index (χ0n) is 8.14. The molecule has 0 spiro atoms. The van der Waals surface area contributed by atoms with Gasteiger partial charge in [0.05, 0.1) is 6.04 Å². The van der Waals surface area contributed by atoms with Crippen LogP contribution in [0.2, 0.25) is 10.3 Å². The maximum atomic E-state index is 5.98. The second-order valence-corrected chi connectivity index (χ2v) is 3.92. The van der Waals surface area contributed by atoms with Gasteiger partial charge in [0.25, 0.3) is 0 Å². The number of rotatable bonds is 2. The van der Waals surface area contributed by atoms with Crippen LogP contribution in [0.4, 0.5) is 0 Å². The van der Waals surface area contributed by atoms with E-state index in [-0.39, 0.29) is 5.28 Å². The molecule has 2 N–H and O–H groups in total. The maximum absolute atomic E-state index is 5.98. The largest absolute Gasteiger partial charge is 0.318 e. The quantitative estimate of drug-likeness (QED) is 0.893. The van der Waals surface area contributed by atoms with Gasteiger partial charge in [-0.3, -0.25) is 0 Å². The normalized spacial score (nSPS) is 12.4. The molecule has 1 atom stereocenters. The fourth-order valence-corrected chi connectivity index (χ4v) is 1.62. The Hall–Kier alpha value is -1.23. The lowest BCUT2D eigenvalue weighted by atomic mass is 10.1. The zero-order valence-corrected chi connectivity index (χ0v) is 9.65. The van der Waals surface area contributed by atoms with Crippen molar-refractivity contribution in [3.05, 3.63) is 52.3 Å². The Morgan fingerprint density at radius 3 is 2.69 bits per heavy atom. The summed E-state index contributed by atoms with van der Waals surface area (Å²) in [6.07, 6.45) is 1.33. The summed E-state index contributed by atoms with van der Waals surface area (Å²) in [4.78, 5) is 11.6. The summed E-state index contributed by atoms with van der Waals surface area (Å²) < 4.78 is 0. The molecule has 0 fully saturated rings. The van der Waals surface area contributed by atoms with Crippen molar-refractivity contribution in [2.45, 2.75) is 6.04 Å². The summed E-state index contributed by atoms with van der Waals surface area (Å²) in [5, 5.41) is 0.746. The fraction of sp³-hybridized carbons (Fsp3) is 0.100. The number of hydrogen-bond acceptors (Lipinski definition) is 4. The van der Waals surface area contributed by atoms with Gasteiger partial charge in [0.15, 0.2) is 5.82 Å². The van der Waals surface area contributed by atoms with Crippen LogP contribution < -0.4 is 5.73 Å². The van der Waals surface area contributed by atoms with Crippen molar-refractivity contribution in [1.82, 2.24) is 15.0 Å². The van der Waals surface area contributed by atoms with E-state index in [9.17, 15) is 0 Å². The third-order valence-corrected chi connectivity index (χ3v) is 2.46. The van der Waals surface area contributed by atoms with Crippen LogP contribution in [0.5, 0.6) is 0 Å². The van der Waals surface area contributed by atoms with E-state index in [1.807, 2.05) is 12.1 Å². The molecular formula is C10H8Cl2N4. The number of halogens is 2. The number of hydrogen-bond donors (Lipinski definition) is 1. The van der Waals surface area contributed by atoms with E-state index >= 15 is 0 Å². The molecule has 0 bridgehead atoms. The lowest BCUT2D eigenvalue weighted by Gasteiger charge is -2.10. The van der Waals surface area contributed by atoms with Crippen LogP contribution in [0.3, 0.4) is 0 Å². The highest BCUT2D eigenvalue weighted by Crippen LogP contribution is 2.19. The standard InChI is InChI=1S/C10H8Cl2N4/c11-7-3-1-2-6(4-7)8(13)9-14-5-15-10(12)16-9/h1-5,8H,13H2. The van der Waals surface area contributed by atoms with Gasteiger partial charge >= 0.3 is 0 Å². The molecule has 0 aliphatic carbocycles. The van der Waals surface area contributed by atoms with E-state index in [0.29, 0.717) is 10.8 Å². The molecule has 0 aliphatic rings. The molecule has 6 heteroatoms. The SMILES string of the molecule is NC(c1cccc(Cl)c1)c1ncnc(Cl)n1. The Labute approximate surface area is 102 Å². The Morgan fingerprint density at radius 2 is 2.00 bits per heavy atom. The first-order valence-electron chi connectivity index (χ1n) is 4.52. The molecule has 0 amide bonds. The first-order chi connectivity index (χ1) is 7.66. The smallest absolute Gasteiger partial charge is 0.225 e. The number of aromatic nitrogens is 3. The van der Waals surface area contributed by atoms with Crippen molar-refractivity contribution >= 4 is 23.2 Å². The molecule has 82 valence electrons. The van der Waals surface area contributed by atoms with Gasteiger partial charge < -0.3 is 5.73 Å². The predicted molar refractivity (Wildman–Crippen MR) is 62.3 cm³/mol. The van der Waals surface area contributed by atoms with Gasteiger partial charge in [-0.15, -0.1) is 0 Å². The molecular weight excluding hydrogens is 247 g/mol. The van der Waals surface area contributed by atoms with Crippen LogP contribution in [0.1, 0.15) is 17.4 Å². The molecule has 4 nitrogen and oxygen atoms in total. The summed E-state index contributed by atoms with van der Waals surface area (Å²) in [5.41, 5.74) is 6.81. The molecule has 2 rings (SSSR count). The summed E-state index contributed by atoms with van der Waals surface area (Å²) in [7, 11) is 0. The van der Waals surface area contributed by atoms with Crippen LogP contribution in [-0.2, 0) is 0 Å². The second kappa shape index (κ2) is 4.74. The monoisotopic (exact) mass is 254 g/mol. The molecule has 1 unspecified atom stereocenters. The lowest BCUT2D eigenvalue weighted by molar-refractivity contribution is 0.766. The van der Waals surface area contributed by atoms with Crippen molar-refractivity contribution in [2.24, 2.45) is 5.73 Å². The van der Waals surface area contributed by atoms with Crippen molar-refractivity contribution in [2.75, 3.05) is 0 Å². The van der Waals surface area contributed by atoms with Crippen LogP contribution in [-0.4, -0.2) is 15.0 Å². The number of benzene rings is 1. The molecule has 2 aromatic rings. The minimum atomic E-state index is -0.459. The molecule has 1 aromatic carbocycles. The van der Waals surface area contributed by atoms with E-state index in [1.165, 1.54) is 6.33 Å². The van der Waals surface area contributed by atoms with Crippen LogP contribution in [0.25, 0.3) is 0 Å². The van der Waals surface area contributed by atoms with Crippen molar-refractivity contribution in [1.29, 1.82) is 0 Å². The molecule has 0 aliphatic heterocycles. The second-order valence-electron chi connectivity index (χ2n) is 3.15. The van der Waals surface area contributed by atoms with Gasteiger partial charge in [-0.2, -0.15) is 0 Å². The van der Waals surface area contributed by atoms with Gasteiger partial charge in [-0.25, -0.2) is 15.0 Å². The van der Waals surface area contributed by atoms with Crippen LogP contribution >= 0.6 is 23.2 Å². The van der Waals surface area contributed by atoms with Crippen LogP contribution in [0, 0.1) is 0 Å². The third kappa shape index (κ3) is 2.47. The van der Waals surface area contributed by atoms with Crippen molar-refractivity contribution in [3.8, 4) is 0 Å². The van der Waals surface area contributed by atoms with Gasteiger partial charge in [0, 0.05) is 5.02 Å². The van der Waals surface area contributed by atoms with Gasteiger partial charge in [0.1, 0.15) is 6.33 Å². The molecule has 0 saturated heterocycles. The first-order valence-corrected chi connectivity index (χ1v) is 5.28. The first kappa shape index (κ1) is 11.3. The van der Waals surface area contributed by atoms with Crippen LogP contribution in [0.15, 0.2) is 30.6 Å². The zero-order chi connectivity index (χ0) is 11.5. The van der Waals surface area contributed by atoms with E-state index in [1.54, 1.807) is 12.1 Å². The highest BCUT2D eigenvalue weighted by atomic mass is 35.5. The Kier molecular flexibility index (Phi) is 3.33. The molecule has 1 heterocycles. The average Bonchev–Trinajstić information content (AvgIpc) is 2.28. The maximum Gasteiger partial charge on any atom is 0.225 e. The number of nitrogens with zero attached hydrogens (tertiary/aromatic N) is 3. The van der Waals surface area contributed by atoms with Gasteiger partial charge in [-0.1, -0.05) is 23.7 Å². The van der Waals surface area contributed by atoms with E-state index in [0.717, 1.165) is 5.56 Å². The van der Waals surface area contributed by atoms with Crippen molar-refractivity contribution in [3.63, 3.8) is 0 Å². The third-order valence-electron chi connectivity index (χ3n) is 2.05. The predicted octanol–water partition coefficient (Wildman–Crippen LogP) is 2.23. The molecule has 0 radical (unpaired) electrons. The Morgan fingerprint density at radius 1 is 1.19 bits per heavy atom. The molecule has 0 saturated carbocycles. The highest BCUT2D eigenvalue weighted by Gasteiger charge is 2.12. The number of nitrogens with two attached hydrogens (primary N) is 1. The summed E-state index contributed by atoms with van der Waals surface area (Å²) >= 11 is 11.5. The fourth-order valence-electron chi connectivity index (χ4n) is 1.29. The summed E-state index contributed by atoms with van der Waals surface area (Å²) in [6, 6.07) is 6.76. The van der Waals surface area contributed by atoms with Crippen molar-refractivity contribution < 1.29 is 0 Å².